The number of benzene rings is 3. The normalized spacial score (nSPS) is 16.3. The molecule has 0 radical (unpaired) electrons. The summed E-state index contributed by atoms with van der Waals surface area (Å²) in [4.78, 5) is 13.7. The third-order valence-electron chi connectivity index (χ3n) is 7.92. The SMILES string of the molecule is Cc1c(C2=C(c3ccc(CC4CN(CCC(F)F)C4)cc3)c3ccc(C(=O)O)cc3CCC2)ccc(Cl)c1F. The Bertz CT molecular complexity index is 1410. The molecule has 2 aliphatic rings. The summed E-state index contributed by atoms with van der Waals surface area (Å²) in [5, 5.41) is 9.65. The fraction of sp³-hybridized carbons (Fsp3) is 0.344. The van der Waals surface area contributed by atoms with E-state index in [4.69, 9.17) is 11.6 Å². The van der Waals surface area contributed by atoms with E-state index in [0.29, 0.717) is 24.4 Å². The Morgan fingerprint density at radius 1 is 1.05 bits per heavy atom. The molecule has 1 aliphatic heterocycles. The van der Waals surface area contributed by atoms with Gasteiger partial charge in [0, 0.05) is 26.1 Å². The summed E-state index contributed by atoms with van der Waals surface area (Å²) in [7, 11) is 0. The van der Waals surface area contributed by atoms with Gasteiger partial charge in [0.05, 0.1) is 10.6 Å². The molecule has 0 bridgehead atoms. The molecule has 3 nitrogen and oxygen atoms in total. The van der Waals surface area contributed by atoms with Gasteiger partial charge in [-0.2, -0.15) is 0 Å². The van der Waals surface area contributed by atoms with Crippen molar-refractivity contribution in [1.29, 1.82) is 0 Å². The number of likely N-dealkylation sites (tertiary alicyclic amines) is 1. The van der Waals surface area contributed by atoms with Crippen molar-refractivity contribution in [2.24, 2.45) is 5.92 Å². The summed E-state index contributed by atoms with van der Waals surface area (Å²) >= 11 is 6.07. The minimum atomic E-state index is -2.26. The van der Waals surface area contributed by atoms with E-state index in [0.717, 1.165) is 65.8 Å². The monoisotopic (exact) mass is 553 g/mol. The maximum Gasteiger partial charge on any atom is 0.335 e. The van der Waals surface area contributed by atoms with Crippen LogP contribution in [0, 0.1) is 18.7 Å². The molecule has 1 saturated heterocycles. The number of hydrogen-bond acceptors (Lipinski definition) is 2. The molecule has 39 heavy (non-hydrogen) atoms. The van der Waals surface area contributed by atoms with Gasteiger partial charge in [-0.3, -0.25) is 0 Å². The van der Waals surface area contributed by atoms with Gasteiger partial charge in [-0.1, -0.05) is 48.0 Å². The number of halogens is 4. The molecule has 0 spiro atoms. The Labute approximate surface area is 231 Å². The second-order valence-electron chi connectivity index (χ2n) is 10.6. The zero-order valence-electron chi connectivity index (χ0n) is 21.8. The van der Waals surface area contributed by atoms with Crippen LogP contribution in [0.1, 0.15) is 63.0 Å². The molecule has 0 aromatic heterocycles. The van der Waals surface area contributed by atoms with Crippen molar-refractivity contribution in [3.05, 3.63) is 104 Å². The topological polar surface area (TPSA) is 40.5 Å². The first-order chi connectivity index (χ1) is 18.7. The van der Waals surface area contributed by atoms with Crippen LogP contribution in [0.5, 0.6) is 0 Å². The van der Waals surface area contributed by atoms with E-state index in [9.17, 15) is 23.1 Å². The van der Waals surface area contributed by atoms with E-state index >= 15 is 0 Å². The van der Waals surface area contributed by atoms with Crippen LogP contribution in [0.3, 0.4) is 0 Å². The van der Waals surface area contributed by atoms with Gasteiger partial charge in [-0.25, -0.2) is 18.0 Å². The first-order valence-electron chi connectivity index (χ1n) is 13.4. The molecule has 0 unspecified atom stereocenters. The smallest absolute Gasteiger partial charge is 0.335 e. The summed E-state index contributed by atoms with van der Waals surface area (Å²) in [6.07, 6.45) is 0.796. The van der Waals surface area contributed by atoms with Crippen molar-refractivity contribution in [2.45, 2.75) is 45.5 Å². The maximum atomic E-state index is 14.9. The molecule has 0 atom stereocenters. The van der Waals surface area contributed by atoms with Gasteiger partial charge in [-0.05, 0) is 101 Å². The van der Waals surface area contributed by atoms with Gasteiger partial charge in [0.1, 0.15) is 5.82 Å². The number of fused-ring (bicyclic) bond motifs is 1. The van der Waals surface area contributed by atoms with Crippen molar-refractivity contribution in [3.8, 4) is 0 Å². The second kappa shape index (κ2) is 11.6. The Morgan fingerprint density at radius 2 is 1.77 bits per heavy atom. The fourth-order valence-corrected chi connectivity index (χ4v) is 6.11. The first kappa shape index (κ1) is 27.5. The highest BCUT2D eigenvalue weighted by molar-refractivity contribution is 6.30. The highest BCUT2D eigenvalue weighted by Crippen LogP contribution is 2.42. The number of rotatable bonds is 8. The summed E-state index contributed by atoms with van der Waals surface area (Å²) in [6, 6.07) is 17.1. The standard InChI is InChI=1S/C32H31ClF3NO2/c1-19-25(11-12-28(33)31(19)36)27-4-2-3-23-16-24(32(38)39)9-10-26(23)30(27)22-7-5-20(6-8-22)15-21-17-37(18-21)14-13-29(34)35/h5-12,16,21,29H,2-4,13-15,17-18H2,1H3,(H,38,39). The van der Waals surface area contributed by atoms with Crippen LogP contribution in [0.2, 0.25) is 5.02 Å². The molecule has 7 heteroatoms. The fourth-order valence-electron chi connectivity index (χ4n) is 5.91. The third kappa shape index (κ3) is 5.92. The van der Waals surface area contributed by atoms with Gasteiger partial charge in [0.15, 0.2) is 0 Å². The molecular formula is C32H31ClF3NO2. The largest absolute Gasteiger partial charge is 0.478 e. The van der Waals surface area contributed by atoms with Crippen LogP contribution in [-0.2, 0) is 12.8 Å². The van der Waals surface area contributed by atoms with Crippen LogP contribution in [0.25, 0.3) is 11.1 Å². The summed E-state index contributed by atoms with van der Waals surface area (Å²) in [6.45, 7) is 3.86. The van der Waals surface area contributed by atoms with Crippen molar-refractivity contribution < 1.29 is 23.1 Å². The summed E-state index contributed by atoms with van der Waals surface area (Å²) < 4.78 is 39.8. The number of allylic oxidation sites excluding steroid dienone is 1. The number of hydrogen-bond donors (Lipinski definition) is 1. The lowest BCUT2D eigenvalue weighted by Crippen LogP contribution is -2.48. The van der Waals surface area contributed by atoms with Crippen molar-refractivity contribution >= 4 is 28.7 Å². The molecule has 5 rings (SSSR count). The molecule has 1 heterocycles. The van der Waals surface area contributed by atoms with Gasteiger partial charge in [-0.15, -0.1) is 0 Å². The molecule has 3 aromatic rings. The van der Waals surface area contributed by atoms with Crippen LogP contribution in [0.4, 0.5) is 13.2 Å². The van der Waals surface area contributed by atoms with Gasteiger partial charge in [0.25, 0.3) is 0 Å². The summed E-state index contributed by atoms with van der Waals surface area (Å²) in [5.74, 6) is -0.933. The Kier molecular flexibility index (Phi) is 8.15. The Morgan fingerprint density at radius 3 is 2.46 bits per heavy atom. The number of nitrogens with zero attached hydrogens (tertiary/aromatic N) is 1. The summed E-state index contributed by atoms with van der Waals surface area (Å²) in [5.41, 5.74) is 7.67. The van der Waals surface area contributed by atoms with E-state index < -0.39 is 18.2 Å². The predicted molar refractivity (Wildman–Crippen MR) is 149 cm³/mol. The quantitative estimate of drug-likeness (QED) is 0.308. The predicted octanol–water partition coefficient (Wildman–Crippen LogP) is 7.91. The van der Waals surface area contributed by atoms with E-state index in [1.807, 2.05) is 12.1 Å². The van der Waals surface area contributed by atoms with Gasteiger partial charge >= 0.3 is 5.97 Å². The lowest BCUT2D eigenvalue weighted by atomic mass is 9.85. The van der Waals surface area contributed by atoms with Crippen LogP contribution in [-0.4, -0.2) is 42.0 Å². The lowest BCUT2D eigenvalue weighted by molar-refractivity contribution is 0.0626. The lowest BCUT2D eigenvalue weighted by Gasteiger charge is -2.39. The molecule has 204 valence electrons. The number of carboxylic acids is 1. The highest BCUT2D eigenvalue weighted by Gasteiger charge is 2.27. The second-order valence-corrected chi connectivity index (χ2v) is 11.0. The molecule has 3 aromatic carbocycles. The molecule has 0 saturated carbocycles. The van der Waals surface area contributed by atoms with E-state index in [-0.39, 0.29) is 17.0 Å². The van der Waals surface area contributed by atoms with Crippen molar-refractivity contribution in [3.63, 3.8) is 0 Å². The number of aryl methyl sites for hydroxylation is 1. The average Bonchev–Trinajstić information content (AvgIpc) is 3.08. The first-order valence-corrected chi connectivity index (χ1v) is 13.7. The molecule has 1 N–H and O–H groups in total. The van der Waals surface area contributed by atoms with Gasteiger partial charge in [0.2, 0.25) is 6.43 Å². The number of carbonyl (C=O) groups is 1. The Balaban J connectivity index is 1.50. The number of alkyl halides is 2. The molecule has 1 aliphatic carbocycles. The average molecular weight is 554 g/mol. The molecule has 1 fully saturated rings. The van der Waals surface area contributed by atoms with Crippen LogP contribution >= 0.6 is 11.6 Å². The zero-order chi connectivity index (χ0) is 27.7. The zero-order valence-corrected chi connectivity index (χ0v) is 22.6. The van der Waals surface area contributed by atoms with Crippen molar-refractivity contribution in [1.82, 2.24) is 4.90 Å². The van der Waals surface area contributed by atoms with Gasteiger partial charge < -0.3 is 10.0 Å². The van der Waals surface area contributed by atoms with E-state index in [1.165, 1.54) is 5.56 Å². The van der Waals surface area contributed by atoms with E-state index in [1.54, 1.807) is 25.1 Å². The third-order valence-corrected chi connectivity index (χ3v) is 8.22. The number of carboxylic acid groups (broad SMARTS) is 1. The van der Waals surface area contributed by atoms with Crippen molar-refractivity contribution in [2.75, 3.05) is 19.6 Å². The van der Waals surface area contributed by atoms with Crippen LogP contribution in [0.15, 0.2) is 54.6 Å². The molecule has 0 amide bonds. The maximum absolute atomic E-state index is 14.9. The van der Waals surface area contributed by atoms with Crippen LogP contribution < -0.4 is 0 Å². The Hall–Kier alpha value is -3.09. The number of aromatic carboxylic acids is 1. The molecular weight excluding hydrogens is 523 g/mol. The van der Waals surface area contributed by atoms with E-state index in [2.05, 4.69) is 29.2 Å². The minimum absolute atomic E-state index is 0.0781. The highest BCUT2D eigenvalue weighted by atomic mass is 35.5. The minimum Gasteiger partial charge on any atom is -0.478 e.